The number of benzene rings is 1. The highest BCUT2D eigenvalue weighted by atomic mass is 32.2. The van der Waals surface area contributed by atoms with E-state index >= 15 is 0 Å². The fraction of sp³-hybridized carbons (Fsp3) is 0.571. The van der Waals surface area contributed by atoms with E-state index in [9.17, 15) is 0 Å². The van der Waals surface area contributed by atoms with E-state index in [1.54, 1.807) is 0 Å². The van der Waals surface area contributed by atoms with Crippen LogP contribution in [0.3, 0.4) is 0 Å². The first kappa shape index (κ1) is 14.8. The summed E-state index contributed by atoms with van der Waals surface area (Å²) >= 11 is 2.03. The number of rotatable bonds is 7. The summed E-state index contributed by atoms with van der Waals surface area (Å²) in [6.07, 6.45) is 3.32. The van der Waals surface area contributed by atoms with Gasteiger partial charge in [0.05, 0.1) is 8.07 Å². The van der Waals surface area contributed by atoms with Gasteiger partial charge in [-0.1, -0.05) is 44.3 Å². The van der Waals surface area contributed by atoms with Crippen molar-refractivity contribution in [2.24, 2.45) is 0 Å². The number of thioether (sulfide) groups is 1. The molecule has 0 aromatic heterocycles. The number of hydrogen-bond donors (Lipinski definition) is 1. The van der Waals surface area contributed by atoms with Gasteiger partial charge in [0.25, 0.3) is 0 Å². The molecule has 0 bridgehead atoms. The van der Waals surface area contributed by atoms with Crippen LogP contribution in [-0.2, 0) is 0 Å². The van der Waals surface area contributed by atoms with E-state index in [2.05, 4.69) is 50.0 Å². The van der Waals surface area contributed by atoms with E-state index in [-0.39, 0.29) is 0 Å². The fourth-order valence-electron chi connectivity index (χ4n) is 1.77. The molecule has 0 aliphatic carbocycles. The highest BCUT2D eigenvalue weighted by Crippen LogP contribution is 2.32. The van der Waals surface area contributed by atoms with Crippen LogP contribution in [0.2, 0.25) is 19.6 Å². The van der Waals surface area contributed by atoms with Gasteiger partial charge in [0, 0.05) is 16.4 Å². The molecule has 1 N–H and O–H groups in total. The van der Waals surface area contributed by atoms with Crippen molar-refractivity contribution in [3.8, 4) is 0 Å². The smallest absolute Gasteiger partial charge is 0.0591 e. The minimum absolute atomic E-state index is 0.328. The summed E-state index contributed by atoms with van der Waals surface area (Å²) in [5.41, 5.74) is 0. The molecule has 1 nitrogen and oxygen atoms in total. The lowest BCUT2D eigenvalue weighted by Gasteiger charge is -2.28. The van der Waals surface area contributed by atoms with Gasteiger partial charge in [-0.2, -0.15) is 0 Å². The highest BCUT2D eigenvalue weighted by molar-refractivity contribution is 8.01. The second-order valence-corrected chi connectivity index (χ2v) is 12.6. The summed E-state index contributed by atoms with van der Waals surface area (Å²) in [6, 6.07) is 10.7. The van der Waals surface area contributed by atoms with Gasteiger partial charge in [-0.25, -0.2) is 0 Å². The number of hydrogen-bond acceptors (Lipinski definition) is 2. The zero-order valence-corrected chi connectivity index (χ0v) is 13.0. The molecule has 3 heteroatoms. The molecule has 0 aliphatic rings. The van der Waals surface area contributed by atoms with Gasteiger partial charge in [0.15, 0.2) is 0 Å². The lowest BCUT2D eigenvalue weighted by Crippen LogP contribution is -2.35. The van der Waals surface area contributed by atoms with Gasteiger partial charge in [-0.3, -0.25) is 0 Å². The van der Waals surface area contributed by atoms with Crippen molar-refractivity contribution in [3.05, 3.63) is 30.3 Å². The maximum Gasteiger partial charge on any atom is 0.0591 e. The average molecular weight is 268 g/mol. The second-order valence-electron chi connectivity index (χ2n) is 5.50. The Bertz CT molecular complexity index is 308. The zero-order chi connectivity index (χ0) is 12.7. The molecule has 1 aromatic carbocycles. The van der Waals surface area contributed by atoms with E-state index < -0.39 is 8.07 Å². The zero-order valence-electron chi connectivity index (χ0n) is 11.1. The van der Waals surface area contributed by atoms with Crippen molar-refractivity contribution >= 4 is 19.8 Å². The summed E-state index contributed by atoms with van der Waals surface area (Å²) in [4.78, 5) is 2.13. The molecular weight excluding hydrogens is 244 g/mol. The van der Waals surface area contributed by atoms with Crippen molar-refractivity contribution in [3.63, 3.8) is 0 Å². The van der Waals surface area contributed by atoms with Gasteiger partial charge in [-0.05, 0) is 25.0 Å². The average Bonchev–Trinajstić information content (AvgIpc) is 2.28. The third-order valence-electron chi connectivity index (χ3n) is 2.86. The van der Waals surface area contributed by atoms with Crippen LogP contribution in [0.1, 0.15) is 19.3 Å². The summed E-state index contributed by atoms with van der Waals surface area (Å²) in [5, 5.41) is 8.88. The Labute approximate surface area is 111 Å². The second kappa shape index (κ2) is 7.24. The monoisotopic (exact) mass is 268 g/mol. The highest BCUT2D eigenvalue weighted by Gasteiger charge is 2.26. The van der Waals surface area contributed by atoms with Crippen molar-refractivity contribution < 1.29 is 5.11 Å². The predicted octanol–water partition coefficient (Wildman–Crippen LogP) is 4.19. The normalized spacial score (nSPS) is 13.6. The largest absolute Gasteiger partial charge is 0.396 e. The van der Waals surface area contributed by atoms with Gasteiger partial charge >= 0.3 is 0 Å². The standard InChI is InChI=1S/C14H24OSSi/c1-17(2,3)14(11-7-8-12-15)16-13-9-5-4-6-10-13/h4-6,9-10,14-15H,7-8,11-12H2,1-3H3. The van der Waals surface area contributed by atoms with E-state index in [1.165, 1.54) is 11.3 Å². The lowest BCUT2D eigenvalue weighted by molar-refractivity contribution is 0.283. The van der Waals surface area contributed by atoms with Gasteiger partial charge in [0.1, 0.15) is 0 Å². The Balaban J connectivity index is 2.58. The molecular formula is C14H24OSSi. The van der Waals surface area contributed by atoms with Crippen LogP contribution in [0.15, 0.2) is 35.2 Å². The molecule has 96 valence electrons. The first-order chi connectivity index (χ1) is 8.04. The molecule has 1 rings (SSSR count). The van der Waals surface area contributed by atoms with E-state index in [1.807, 2.05) is 11.8 Å². The van der Waals surface area contributed by atoms with Crippen LogP contribution >= 0.6 is 11.8 Å². The lowest BCUT2D eigenvalue weighted by atomic mass is 10.3. The fourth-order valence-corrected chi connectivity index (χ4v) is 5.59. The van der Waals surface area contributed by atoms with Crippen LogP contribution < -0.4 is 0 Å². The van der Waals surface area contributed by atoms with Gasteiger partial charge in [-0.15, -0.1) is 11.8 Å². The third kappa shape index (κ3) is 5.75. The summed E-state index contributed by atoms with van der Waals surface area (Å²) in [5.74, 6) is 0. The van der Waals surface area contributed by atoms with Crippen LogP contribution in [0.4, 0.5) is 0 Å². The van der Waals surface area contributed by atoms with Crippen LogP contribution in [-0.4, -0.2) is 24.7 Å². The Morgan fingerprint density at radius 3 is 2.29 bits per heavy atom. The van der Waals surface area contributed by atoms with Crippen molar-refractivity contribution in [2.75, 3.05) is 6.61 Å². The molecule has 0 radical (unpaired) electrons. The summed E-state index contributed by atoms with van der Waals surface area (Å²) in [7, 11) is -1.14. The number of unbranched alkanes of at least 4 members (excludes halogenated alkanes) is 1. The molecule has 17 heavy (non-hydrogen) atoms. The third-order valence-corrected chi connectivity index (χ3v) is 8.62. The molecule has 0 saturated heterocycles. The Morgan fingerprint density at radius 2 is 1.76 bits per heavy atom. The number of aliphatic hydroxyl groups is 1. The molecule has 0 spiro atoms. The topological polar surface area (TPSA) is 20.2 Å². The Kier molecular flexibility index (Phi) is 6.31. The minimum atomic E-state index is -1.14. The Morgan fingerprint density at radius 1 is 1.12 bits per heavy atom. The maximum absolute atomic E-state index is 8.88. The van der Waals surface area contributed by atoms with E-state index in [4.69, 9.17) is 5.11 Å². The maximum atomic E-state index is 8.88. The summed E-state index contributed by atoms with van der Waals surface area (Å²) < 4.78 is 0. The minimum Gasteiger partial charge on any atom is -0.396 e. The van der Waals surface area contributed by atoms with Crippen molar-refractivity contribution in [1.29, 1.82) is 0 Å². The van der Waals surface area contributed by atoms with E-state index in [0.29, 0.717) is 6.61 Å². The predicted molar refractivity (Wildman–Crippen MR) is 80.4 cm³/mol. The molecule has 0 fully saturated rings. The SMILES string of the molecule is C[Si](C)(C)C(CCCCO)Sc1ccccc1. The van der Waals surface area contributed by atoms with Crippen molar-refractivity contribution in [1.82, 2.24) is 0 Å². The summed E-state index contributed by atoms with van der Waals surface area (Å²) in [6.45, 7) is 7.64. The Hall–Kier alpha value is -0.253. The van der Waals surface area contributed by atoms with Crippen LogP contribution in [0.25, 0.3) is 0 Å². The first-order valence-corrected chi connectivity index (χ1v) is 10.8. The molecule has 0 heterocycles. The van der Waals surface area contributed by atoms with Crippen LogP contribution in [0, 0.1) is 0 Å². The molecule has 1 atom stereocenters. The molecule has 0 aliphatic heterocycles. The molecule has 0 saturated carbocycles. The molecule has 1 aromatic rings. The molecule has 0 amide bonds. The van der Waals surface area contributed by atoms with Crippen molar-refractivity contribution in [2.45, 2.75) is 48.7 Å². The van der Waals surface area contributed by atoms with Gasteiger partial charge in [0.2, 0.25) is 0 Å². The van der Waals surface area contributed by atoms with Crippen LogP contribution in [0.5, 0.6) is 0 Å². The van der Waals surface area contributed by atoms with E-state index in [0.717, 1.165) is 17.7 Å². The first-order valence-electron chi connectivity index (χ1n) is 6.36. The number of aliphatic hydroxyl groups excluding tert-OH is 1. The molecule has 1 unspecified atom stereocenters. The quantitative estimate of drug-likeness (QED) is 0.454. The van der Waals surface area contributed by atoms with Gasteiger partial charge < -0.3 is 5.11 Å².